The molecular formula is C23H27N5O. The second-order valence-electron chi connectivity index (χ2n) is 7.58. The van der Waals surface area contributed by atoms with Crippen molar-refractivity contribution in [2.75, 3.05) is 18.4 Å². The van der Waals surface area contributed by atoms with Crippen molar-refractivity contribution >= 4 is 11.7 Å². The highest BCUT2D eigenvalue weighted by Gasteiger charge is 2.20. The molecular weight excluding hydrogens is 362 g/mol. The van der Waals surface area contributed by atoms with E-state index in [0.717, 1.165) is 30.8 Å². The van der Waals surface area contributed by atoms with Crippen molar-refractivity contribution in [1.29, 1.82) is 0 Å². The lowest BCUT2D eigenvalue weighted by Gasteiger charge is -2.33. The predicted molar refractivity (Wildman–Crippen MR) is 115 cm³/mol. The van der Waals surface area contributed by atoms with E-state index in [0.29, 0.717) is 13.1 Å². The van der Waals surface area contributed by atoms with Gasteiger partial charge in [-0.05, 0) is 48.2 Å². The minimum atomic E-state index is -0.175. The van der Waals surface area contributed by atoms with Gasteiger partial charge in [0.05, 0.1) is 6.54 Å². The van der Waals surface area contributed by atoms with Crippen LogP contribution in [0.3, 0.4) is 0 Å². The van der Waals surface area contributed by atoms with E-state index in [4.69, 9.17) is 0 Å². The Hall–Kier alpha value is -3.12. The van der Waals surface area contributed by atoms with Gasteiger partial charge in [0.2, 0.25) is 0 Å². The predicted octanol–water partition coefficient (Wildman–Crippen LogP) is 3.50. The zero-order valence-corrected chi connectivity index (χ0v) is 16.7. The van der Waals surface area contributed by atoms with Crippen LogP contribution in [-0.2, 0) is 19.5 Å². The van der Waals surface area contributed by atoms with Crippen LogP contribution in [0, 0.1) is 0 Å². The number of fused-ring (bicyclic) bond motifs is 1. The highest BCUT2D eigenvalue weighted by Crippen LogP contribution is 2.20. The first-order chi connectivity index (χ1) is 14.2. The van der Waals surface area contributed by atoms with Crippen LogP contribution >= 0.6 is 0 Å². The summed E-state index contributed by atoms with van der Waals surface area (Å²) in [6, 6.07) is 18.5. The molecule has 0 fully saturated rings. The fourth-order valence-electron chi connectivity index (χ4n) is 3.77. The van der Waals surface area contributed by atoms with Gasteiger partial charge in [0, 0.05) is 43.8 Å². The van der Waals surface area contributed by atoms with Gasteiger partial charge >= 0.3 is 6.03 Å². The van der Waals surface area contributed by atoms with Crippen LogP contribution in [-0.4, -0.2) is 39.8 Å². The molecule has 29 heavy (non-hydrogen) atoms. The molecule has 1 unspecified atom stereocenters. The van der Waals surface area contributed by atoms with Crippen LogP contribution < -0.4 is 10.6 Å². The average molecular weight is 390 g/mol. The van der Waals surface area contributed by atoms with Crippen molar-refractivity contribution < 1.29 is 4.79 Å². The molecule has 6 nitrogen and oxygen atoms in total. The van der Waals surface area contributed by atoms with Gasteiger partial charge in [-0.25, -0.2) is 4.79 Å². The maximum absolute atomic E-state index is 12.4. The normalized spacial score (nSPS) is 14.8. The van der Waals surface area contributed by atoms with Crippen molar-refractivity contribution in [3.05, 3.63) is 83.7 Å². The maximum atomic E-state index is 12.4. The topological polar surface area (TPSA) is 62.2 Å². The van der Waals surface area contributed by atoms with Crippen molar-refractivity contribution in [2.45, 2.75) is 32.5 Å². The minimum absolute atomic E-state index is 0.175. The van der Waals surface area contributed by atoms with E-state index in [9.17, 15) is 4.79 Å². The Morgan fingerprint density at radius 1 is 1.14 bits per heavy atom. The Morgan fingerprint density at radius 2 is 2.00 bits per heavy atom. The zero-order valence-electron chi connectivity index (χ0n) is 16.7. The van der Waals surface area contributed by atoms with Crippen LogP contribution in [0.15, 0.2) is 67.0 Å². The Labute approximate surface area is 171 Å². The average Bonchev–Trinajstić information content (AvgIpc) is 3.25. The molecule has 1 aliphatic rings. The third-order valence-electron chi connectivity index (χ3n) is 5.43. The zero-order chi connectivity index (χ0) is 20.1. The van der Waals surface area contributed by atoms with Gasteiger partial charge in [0.25, 0.3) is 0 Å². The number of carbonyl (C=O) groups is 1. The second kappa shape index (κ2) is 8.92. The molecule has 0 saturated heterocycles. The molecule has 0 saturated carbocycles. The van der Waals surface area contributed by atoms with Crippen LogP contribution in [0.25, 0.3) is 0 Å². The lowest BCUT2D eigenvalue weighted by molar-refractivity contribution is 0.186. The number of rotatable bonds is 6. The fraction of sp³-hybridized carbons (Fsp3) is 0.304. The van der Waals surface area contributed by atoms with E-state index < -0.39 is 0 Å². The summed E-state index contributed by atoms with van der Waals surface area (Å²) >= 11 is 0. The molecule has 2 amide bonds. The standard InChI is InChI=1S/C23H27N5O/c1-18(27-13-10-20-7-2-3-8-21(20)17-27)15-24-23(29)26-22-9-4-6-19(14-22)16-28-12-5-11-25-28/h2-9,11-12,14,18H,10,13,15-17H2,1H3,(H2,24,26,29). The largest absolute Gasteiger partial charge is 0.336 e. The summed E-state index contributed by atoms with van der Waals surface area (Å²) in [6.07, 6.45) is 4.75. The summed E-state index contributed by atoms with van der Waals surface area (Å²) in [5, 5.41) is 10.2. The van der Waals surface area contributed by atoms with Crippen LogP contribution in [0.2, 0.25) is 0 Å². The van der Waals surface area contributed by atoms with Crippen molar-refractivity contribution in [3.8, 4) is 0 Å². The number of nitrogens with zero attached hydrogens (tertiary/aromatic N) is 3. The number of benzene rings is 2. The number of amides is 2. The van der Waals surface area contributed by atoms with Gasteiger partial charge in [-0.3, -0.25) is 9.58 Å². The summed E-state index contributed by atoms with van der Waals surface area (Å²) in [4.78, 5) is 14.8. The molecule has 1 aliphatic heterocycles. The Balaban J connectivity index is 1.27. The third-order valence-corrected chi connectivity index (χ3v) is 5.43. The van der Waals surface area contributed by atoms with Gasteiger partial charge in [-0.1, -0.05) is 36.4 Å². The SMILES string of the molecule is CC(CNC(=O)Nc1cccc(Cn2cccn2)c1)N1CCc2ccccc2C1. The molecule has 150 valence electrons. The first kappa shape index (κ1) is 19.2. The van der Waals surface area contributed by atoms with Crippen LogP contribution in [0.5, 0.6) is 0 Å². The molecule has 0 bridgehead atoms. The smallest absolute Gasteiger partial charge is 0.319 e. The van der Waals surface area contributed by atoms with E-state index in [2.05, 4.69) is 51.8 Å². The molecule has 3 aromatic rings. The Bertz CT molecular complexity index is 953. The van der Waals surface area contributed by atoms with E-state index in [1.807, 2.05) is 41.2 Å². The summed E-state index contributed by atoms with van der Waals surface area (Å²) in [5.74, 6) is 0. The summed E-state index contributed by atoms with van der Waals surface area (Å²) in [6.45, 7) is 5.42. The first-order valence-corrected chi connectivity index (χ1v) is 10.1. The van der Waals surface area contributed by atoms with Gasteiger partial charge in [-0.2, -0.15) is 5.10 Å². The van der Waals surface area contributed by atoms with Gasteiger partial charge < -0.3 is 10.6 Å². The lowest BCUT2D eigenvalue weighted by atomic mass is 9.99. The van der Waals surface area contributed by atoms with E-state index in [1.54, 1.807) is 6.20 Å². The van der Waals surface area contributed by atoms with Gasteiger partial charge in [-0.15, -0.1) is 0 Å². The highest BCUT2D eigenvalue weighted by molar-refractivity contribution is 5.89. The minimum Gasteiger partial charge on any atom is -0.336 e. The number of anilines is 1. The number of urea groups is 1. The van der Waals surface area contributed by atoms with Crippen molar-refractivity contribution in [3.63, 3.8) is 0 Å². The number of hydrogen-bond donors (Lipinski definition) is 2. The Kier molecular flexibility index (Phi) is 5.91. The third kappa shape index (κ3) is 5.03. The molecule has 2 aromatic carbocycles. The molecule has 1 atom stereocenters. The van der Waals surface area contributed by atoms with Crippen LogP contribution in [0.1, 0.15) is 23.6 Å². The lowest BCUT2D eigenvalue weighted by Crippen LogP contribution is -2.45. The number of hydrogen-bond acceptors (Lipinski definition) is 3. The molecule has 2 N–H and O–H groups in total. The van der Waals surface area contributed by atoms with Crippen molar-refractivity contribution in [1.82, 2.24) is 20.0 Å². The van der Waals surface area contributed by atoms with E-state index in [-0.39, 0.29) is 12.1 Å². The first-order valence-electron chi connectivity index (χ1n) is 10.1. The van der Waals surface area contributed by atoms with Crippen molar-refractivity contribution in [2.24, 2.45) is 0 Å². The Morgan fingerprint density at radius 3 is 2.83 bits per heavy atom. The summed E-state index contributed by atoms with van der Waals surface area (Å²) in [5.41, 5.74) is 4.71. The molecule has 0 spiro atoms. The number of nitrogens with one attached hydrogen (secondary N) is 2. The number of aromatic nitrogens is 2. The number of carbonyl (C=O) groups excluding carboxylic acids is 1. The van der Waals surface area contributed by atoms with E-state index in [1.165, 1.54) is 11.1 Å². The summed E-state index contributed by atoms with van der Waals surface area (Å²) < 4.78 is 1.86. The quantitative estimate of drug-likeness (QED) is 0.678. The van der Waals surface area contributed by atoms with Gasteiger partial charge in [0.1, 0.15) is 0 Å². The monoisotopic (exact) mass is 389 g/mol. The maximum Gasteiger partial charge on any atom is 0.319 e. The molecule has 0 aliphatic carbocycles. The van der Waals surface area contributed by atoms with Gasteiger partial charge in [0.15, 0.2) is 0 Å². The molecule has 4 rings (SSSR count). The highest BCUT2D eigenvalue weighted by atomic mass is 16.2. The molecule has 1 aromatic heterocycles. The second-order valence-corrected chi connectivity index (χ2v) is 7.58. The van der Waals surface area contributed by atoms with E-state index >= 15 is 0 Å². The summed E-state index contributed by atoms with van der Waals surface area (Å²) in [7, 11) is 0. The molecule has 0 radical (unpaired) electrons. The fourth-order valence-corrected chi connectivity index (χ4v) is 3.77. The van der Waals surface area contributed by atoms with Crippen LogP contribution in [0.4, 0.5) is 10.5 Å². The molecule has 6 heteroatoms. The molecule has 2 heterocycles.